The predicted octanol–water partition coefficient (Wildman–Crippen LogP) is 4.47. The molecule has 0 radical (unpaired) electrons. The molecule has 2 amide bonds. The number of hydrogen-bond donors (Lipinski definition) is 2. The van der Waals surface area contributed by atoms with Crippen LogP contribution in [-0.2, 0) is 24.2 Å². The van der Waals surface area contributed by atoms with Crippen molar-refractivity contribution in [1.82, 2.24) is 20.1 Å². The first-order valence-corrected chi connectivity index (χ1v) is 13.2. The van der Waals surface area contributed by atoms with Crippen molar-refractivity contribution in [1.29, 1.82) is 5.26 Å². The topological polar surface area (TPSA) is 113 Å². The number of nitrogens with one attached hydrogen (secondary N) is 2. The van der Waals surface area contributed by atoms with Crippen LogP contribution in [0, 0.1) is 17.1 Å². The van der Waals surface area contributed by atoms with Crippen molar-refractivity contribution in [3.05, 3.63) is 57.5 Å². The maximum Gasteiger partial charge on any atom is 0.254 e. The van der Waals surface area contributed by atoms with Crippen molar-refractivity contribution >= 4 is 39.9 Å². The van der Waals surface area contributed by atoms with Crippen LogP contribution in [0.25, 0.3) is 0 Å². The van der Waals surface area contributed by atoms with Gasteiger partial charge >= 0.3 is 0 Å². The molecule has 0 aliphatic heterocycles. The maximum absolute atomic E-state index is 13.9. The van der Waals surface area contributed by atoms with E-state index in [1.807, 2.05) is 11.5 Å². The molecule has 1 aromatic carbocycles. The summed E-state index contributed by atoms with van der Waals surface area (Å²) >= 11 is 2.72. The molecule has 0 fully saturated rings. The third-order valence-corrected chi connectivity index (χ3v) is 7.96. The molecule has 1 atom stereocenters. The van der Waals surface area contributed by atoms with Crippen LogP contribution in [0.15, 0.2) is 29.4 Å². The Labute approximate surface area is 210 Å². The highest BCUT2D eigenvalue weighted by atomic mass is 32.2. The Balaban J connectivity index is 1.40. The zero-order valence-corrected chi connectivity index (χ0v) is 21.1. The molecule has 35 heavy (non-hydrogen) atoms. The van der Waals surface area contributed by atoms with Gasteiger partial charge in [0, 0.05) is 11.4 Å². The average molecular weight is 513 g/mol. The van der Waals surface area contributed by atoms with E-state index >= 15 is 0 Å². The number of fused-ring (bicyclic) bond motifs is 1. The van der Waals surface area contributed by atoms with Gasteiger partial charge in [0.2, 0.25) is 5.91 Å². The summed E-state index contributed by atoms with van der Waals surface area (Å²) in [6.45, 7) is 4.19. The van der Waals surface area contributed by atoms with Crippen molar-refractivity contribution in [3.63, 3.8) is 0 Å². The minimum atomic E-state index is -0.595. The fourth-order valence-electron chi connectivity index (χ4n) is 4.07. The fourth-order valence-corrected chi connectivity index (χ4v) is 6.14. The lowest BCUT2D eigenvalue weighted by Crippen LogP contribution is -2.29. The van der Waals surface area contributed by atoms with Crippen molar-refractivity contribution < 1.29 is 14.0 Å². The van der Waals surface area contributed by atoms with E-state index in [2.05, 4.69) is 26.9 Å². The van der Waals surface area contributed by atoms with E-state index in [9.17, 15) is 19.2 Å². The Bertz CT molecular complexity index is 1300. The van der Waals surface area contributed by atoms with Crippen molar-refractivity contribution in [2.24, 2.45) is 0 Å². The molecule has 0 unspecified atom stereocenters. The lowest BCUT2D eigenvalue weighted by atomic mass is 9.96. The SMILES string of the molecule is CCn1c(SCC(=O)Nc2sc3c(c2C#N)CCCC3)nnc1[C@@H](C)NC(=O)c1ccccc1F. The fraction of sp³-hybridized carbons (Fsp3) is 0.375. The Morgan fingerprint density at radius 3 is 2.80 bits per heavy atom. The largest absolute Gasteiger partial charge is 0.342 e. The Morgan fingerprint density at radius 2 is 2.06 bits per heavy atom. The van der Waals surface area contributed by atoms with E-state index in [1.165, 1.54) is 46.2 Å². The molecule has 4 rings (SSSR count). The number of carbonyl (C=O) groups excluding carboxylic acids is 2. The number of aryl methyl sites for hydroxylation is 1. The quantitative estimate of drug-likeness (QED) is 0.431. The van der Waals surface area contributed by atoms with Crippen LogP contribution in [0.1, 0.15) is 64.9 Å². The van der Waals surface area contributed by atoms with Gasteiger partial charge in [0.1, 0.15) is 16.9 Å². The first-order valence-electron chi connectivity index (χ1n) is 11.4. The van der Waals surface area contributed by atoms with Crippen LogP contribution < -0.4 is 10.6 Å². The van der Waals surface area contributed by atoms with Gasteiger partial charge in [-0.15, -0.1) is 21.5 Å². The van der Waals surface area contributed by atoms with E-state index < -0.39 is 17.8 Å². The summed E-state index contributed by atoms with van der Waals surface area (Å²) in [5.41, 5.74) is 1.62. The summed E-state index contributed by atoms with van der Waals surface area (Å²) in [4.78, 5) is 26.3. The zero-order chi connectivity index (χ0) is 24.9. The first-order chi connectivity index (χ1) is 16.9. The molecule has 8 nitrogen and oxygen atoms in total. The van der Waals surface area contributed by atoms with Crippen molar-refractivity contribution in [3.8, 4) is 6.07 Å². The molecule has 3 aromatic rings. The molecule has 0 spiro atoms. The van der Waals surface area contributed by atoms with Crippen LogP contribution >= 0.6 is 23.1 Å². The summed E-state index contributed by atoms with van der Waals surface area (Å²) < 4.78 is 15.8. The second-order valence-corrected chi connectivity index (χ2v) is 10.2. The minimum absolute atomic E-state index is 0.0415. The summed E-state index contributed by atoms with van der Waals surface area (Å²) in [6, 6.07) is 7.51. The zero-order valence-electron chi connectivity index (χ0n) is 19.4. The lowest BCUT2D eigenvalue weighted by Gasteiger charge is -2.15. The second-order valence-electron chi connectivity index (χ2n) is 8.12. The van der Waals surface area contributed by atoms with E-state index in [-0.39, 0.29) is 17.2 Å². The second kappa shape index (κ2) is 11.0. The molecule has 2 N–H and O–H groups in total. The standard InChI is InChI=1S/C24H25FN6O2S2/c1-3-31-21(14(2)27-22(33)16-9-4-6-10-18(16)25)29-30-24(31)34-13-20(32)28-23-17(12-26)15-8-5-7-11-19(15)35-23/h4,6,9-10,14H,3,5,7-8,11,13H2,1-2H3,(H,27,33)(H,28,32)/t14-/m1/s1. The van der Waals surface area contributed by atoms with Crippen molar-refractivity contribution in [2.75, 3.05) is 11.1 Å². The number of carbonyl (C=O) groups is 2. The molecule has 1 aliphatic rings. The van der Waals surface area contributed by atoms with E-state index in [0.29, 0.717) is 28.1 Å². The van der Waals surface area contributed by atoms with Crippen molar-refractivity contribution in [2.45, 2.75) is 57.3 Å². The van der Waals surface area contributed by atoms with Gasteiger partial charge in [-0.2, -0.15) is 5.26 Å². The summed E-state index contributed by atoms with van der Waals surface area (Å²) in [7, 11) is 0. The Morgan fingerprint density at radius 1 is 1.29 bits per heavy atom. The van der Waals surface area contributed by atoms with E-state index in [1.54, 1.807) is 13.0 Å². The number of rotatable bonds is 8. The van der Waals surface area contributed by atoms with Gasteiger partial charge in [-0.25, -0.2) is 4.39 Å². The molecule has 1 aliphatic carbocycles. The predicted molar refractivity (Wildman–Crippen MR) is 133 cm³/mol. The molecular formula is C24H25FN6O2S2. The summed E-state index contributed by atoms with van der Waals surface area (Å²) in [5, 5.41) is 24.8. The number of thioether (sulfide) groups is 1. The Kier molecular flexibility index (Phi) is 7.83. The third-order valence-electron chi connectivity index (χ3n) is 5.78. The molecule has 11 heteroatoms. The van der Waals surface area contributed by atoms with Gasteiger partial charge in [-0.1, -0.05) is 23.9 Å². The van der Waals surface area contributed by atoms with E-state index in [0.717, 1.165) is 31.2 Å². The number of nitrogens with zero attached hydrogens (tertiary/aromatic N) is 4. The minimum Gasteiger partial charge on any atom is -0.342 e. The summed E-state index contributed by atoms with van der Waals surface area (Å²) in [6.07, 6.45) is 4.01. The normalized spacial score (nSPS) is 13.5. The van der Waals surface area contributed by atoms with Crippen LogP contribution in [0.5, 0.6) is 0 Å². The Hall–Kier alpha value is -3.23. The van der Waals surface area contributed by atoms with E-state index in [4.69, 9.17) is 0 Å². The number of thiophene rings is 1. The highest BCUT2D eigenvalue weighted by Crippen LogP contribution is 2.37. The van der Waals surface area contributed by atoms with Crippen LogP contribution in [0.4, 0.5) is 9.39 Å². The molecule has 0 saturated carbocycles. The van der Waals surface area contributed by atoms with Crippen LogP contribution in [0.2, 0.25) is 0 Å². The lowest BCUT2D eigenvalue weighted by molar-refractivity contribution is -0.113. The van der Waals surface area contributed by atoms with Gasteiger partial charge in [0.15, 0.2) is 11.0 Å². The number of aromatic nitrogens is 3. The average Bonchev–Trinajstić information content (AvgIpc) is 3.43. The highest BCUT2D eigenvalue weighted by Gasteiger charge is 2.23. The summed E-state index contributed by atoms with van der Waals surface area (Å²) in [5.74, 6) is -0.748. The van der Waals surface area contributed by atoms with Crippen LogP contribution in [0.3, 0.4) is 0 Å². The highest BCUT2D eigenvalue weighted by molar-refractivity contribution is 7.99. The van der Waals surface area contributed by atoms with Gasteiger partial charge < -0.3 is 15.2 Å². The maximum atomic E-state index is 13.9. The number of anilines is 1. The van der Waals surface area contributed by atoms with Gasteiger partial charge in [0.05, 0.1) is 22.9 Å². The number of amides is 2. The molecule has 2 aromatic heterocycles. The van der Waals surface area contributed by atoms with Gasteiger partial charge in [0.25, 0.3) is 5.91 Å². The molecule has 2 heterocycles. The number of halogens is 1. The monoisotopic (exact) mass is 512 g/mol. The smallest absolute Gasteiger partial charge is 0.254 e. The molecular weight excluding hydrogens is 487 g/mol. The van der Waals surface area contributed by atoms with Gasteiger partial charge in [-0.3, -0.25) is 9.59 Å². The molecule has 182 valence electrons. The van der Waals surface area contributed by atoms with Crippen LogP contribution in [-0.4, -0.2) is 32.3 Å². The molecule has 0 bridgehead atoms. The third kappa shape index (κ3) is 5.39. The first kappa shape index (κ1) is 24.9. The number of hydrogen-bond acceptors (Lipinski definition) is 7. The molecule has 0 saturated heterocycles. The number of benzene rings is 1. The number of nitriles is 1. The van der Waals surface area contributed by atoms with Gasteiger partial charge in [-0.05, 0) is 57.2 Å².